The van der Waals surface area contributed by atoms with Gasteiger partial charge < -0.3 is 15.1 Å². The highest BCUT2D eigenvalue weighted by Gasteiger charge is 2.18. The Balaban J connectivity index is 1.92. The van der Waals surface area contributed by atoms with Crippen molar-refractivity contribution in [2.45, 2.75) is 38.6 Å². The molecule has 1 fully saturated rings. The molecule has 0 radical (unpaired) electrons. The standard InChI is InChI=1S/C21H32N4O/c1-4-5-7-13-24(3)21(22-2)23-17-18-11-10-12-19(16-18)20(26)25-14-8-6-9-15-25/h4,10-12,16H,1,5-9,13-15,17H2,2-3H3,(H,22,23). The van der Waals surface area contributed by atoms with Gasteiger partial charge in [0.2, 0.25) is 0 Å². The van der Waals surface area contributed by atoms with Gasteiger partial charge in [-0.1, -0.05) is 18.2 Å². The molecule has 26 heavy (non-hydrogen) atoms. The Kier molecular flexibility index (Phi) is 8.19. The van der Waals surface area contributed by atoms with Crippen molar-refractivity contribution in [3.8, 4) is 0 Å². The summed E-state index contributed by atoms with van der Waals surface area (Å²) in [5.74, 6) is 1.01. The van der Waals surface area contributed by atoms with Crippen LogP contribution >= 0.6 is 0 Å². The van der Waals surface area contributed by atoms with Crippen LogP contribution < -0.4 is 5.32 Å². The van der Waals surface area contributed by atoms with Gasteiger partial charge in [-0.15, -0.1) is 6.58 Å². The molecule has 142 valence electrons. The Hall–Kier alpha value is -2.30. The fourth-order valence-corrected chi connectivity index (χ4v) is 3.24. The van der Waals surface area contributed by atoms with Crippen molar-refractivity contribution in [2.24, 2.45) is 4.99 Å². The summed E-state index contributed by atoms with van der Waals surface area (Å²) in [7, 11) is 3.83. The number of nitrogens with one attached hydrogen (secondary N) is 1. The maximum atomic E-state index is 12.7. The van der Waals surface area contributed by atoms with Crippen molar-refractivity contribution >= 4 is 11.9 Å². The lowest BCUT2D eigenvalue weighted by Gasteiger charge is -2.27. The molecule has 0 atom stereocenters. The summed E-state index contributed by atoms with van der Waals surface area (Å²) in [5.41, 5.74) is 1.87. The van der Waals surface area contributed by atoms with Gasteiger partial charge >= 0.3 is 0 Å². The van der Waals surface area contributed by atoms with Gasteiger partial charge in [-0.25, -0.2) is 0 Å². The first-order chi connectivity index (χ1) is 12.7. The van der Waals surface area contributed by atoms with E-state index in [1.165, 1.54) is 6.42 Å². The van der Waals surface area contributed by atoms with E-state index in [0.29, 0.717) is 6.54 Å². The number of hydrogen-bond donors (Lipinski definition) is 1. The number of allylic oxidation sites excluding steroid dienone is 1. The van der Waals surface area contributed by atoms with Gasteiger partial charge in [0, 0.05) is 45.8 Å². The van der Waals surface area contributed by atoms with Crippen molar-refractivity contribution < 1.29 is 4.79 Å². The minimum atomic E-state index is 0.150. The Bertz CT molecular complexity index is 620. The number of benzene rings is 1. The maximum absolute atomic E-state index is 12.7. The second kappa shape index (κ2) is 10.6. The van der Waals surface area contributed by atoms with E-state index < -0.39 is 0 Å². The maximum Gasteiger partial charge on any atom is 0.253 e. The van der Waals surface area contributed by atoms with Gasteiger partial charge in [0.15, 0.2) is 5.96 Å². The Morgan fingerprint density at radius 1 is 1.35 bits per heavy atom. The van der Waals surface area contributed by atoms with Crippen molar-refractivity contribution in [1.29, 1.82) is 0 Å². The van der Waals surface area contributed by atoms with Crippen molar-refractivity contribution in [1.82, 2.24) is 15.1 Å². The van der Waals surface area contributed by atoms with E-state index in [1.54, 1.807) is 7.05 Å². The predicted octanol–water partition coefficient (Wildman–Crippen LogP) is 3.29. The van der Waals surface area contributed by atoms with Gasteiger partial charge in [-0.05, 0) is 49.8 Å². The molecule has 1 N–H and O–H groups in total. The van der Waals surface area contributed by atoms with Crippen molar-refractivity contribution in [2.75, 3.05) is 33.7 Å². The molecule has 5 nitrogen and oxygen atoms in total. The van der Waals surface area contributed by atoms with Crippen LogP contribution in [0.1, 0.15) is 48.0 Å². The second-order valence-electron chi connectivity index (χ2n) is 6.81. The molecule has 5 heteroatoms. The molecule has 0 bridgehead atoms. The third-order valence-electron chi connectivity index (χ3n) is 4.74. The third-order valence-corrected chi connectivity index (χ3v) is 4.74. The van der Waals surface area contributed by atoms with Crippen LogP contribution in [0, 0.1) is 0 Å². The number of amides is 1. The zero-order valence-electron chi connectivity index (χ0n) is 16.2. The van der Waals surface area contributed by atoms with Gasteiger partial charge in [-0.2, -0.15) is 0 Å². The van der Waals surface area contributed by atoms with E-state index in [4.69, 9.17) is 0 Å². The van der Waals surface area contributed by atoms with Gasteiger partial charge in [0.05, 0.1) is 0 Å². The normalized spacial score (nSPS) is 14.8. The highest BCUT2D eigenvalue weighted by Crippen LogP contribution is 2.14. The topological polar surface area (TPSA) is 47.9 Å². The van der Waals surface area contributed by atoms with Crippen LogP contribution in [0.25, 0.3) is 0 Å². The van der Waals surface area contributed by atoms with E-state index in [-0.39, 0.29) is 5.91 Å². The lowest BCUT2D eigenvalue weighted by atomic mass is 10.1. The molecule has 1 aromatic carbocycles. The predicted molar refractivity (Wildman–Crippen MR) is 108 cm³/mol. The summed E-state index contributed by atoms with van der Waals surface area (Å²) in [4.78, 5) is 21.1. The molecular weight excluding hydrogens is 324 g/mol. The average Bonchev–Trinajstić information content (AvgIpc) is 2.69. The first-order valence-corrected chi connectivity index (χ1v) is 9.56. The molecule has 0 saturated carbocycles. The number of carbonyl (C=O) groups is 1. The summed E-state index contributed by atoms with van der Waals surface area (Å²) in [6, 6.07) is 7.92. The minimum Gasteiger partial charge on any atom is -0.352 e. The average molecular weight is 357 g/mol. The Labute approximate surface area is 157 Å². The van der Waals surface area contributed by atoms with E-state index >= 15 is 0 Å². The Morgan fingerprint density at radius 2 is 2.12 bits per heavy atom. The number of nitrogens with zero attached hydrogens (tertiary/aromatic N) is 3. The van der Waals surface area contributed by atoms with Crippen LogP contribution in [-0.2, 0) is 6.54 Å². The lowest BCUT2D eigenvalue weighted by molar-refractivity contribution is 0.0724. The zero-order chi connectivity index (χ0) is 18.8. The first kappa shape index (κ1) is 20.0. The van der Waals surface area contributed by atoms with Crippen LogP contribution in [0.15, 0.2) is 41.9 Å². The van der Waals surface area contributed by atoms with Crippen LogP contribution in [-0.4, -0.2) is 55.4 Å². The van der Waals surface area contributed by atoms with E-state index in [9.17, 15) is 4.79 Å². The summed E-state index contributed by atoms with van der Waals surface area (Å²) in [6.07, 6.45) is 7.45. The van der Waals surface area contributed by atoms with E-state index in [2.05, 4.69) is 21.8 Å². The van der Waals surface area contributed by atoms with Crippen LogP contribution in [0.5, 0.6) is 0 Å². The highest BCUT2D eigenvalue weighted by atomic mass is 16.2. The highest BCUT2D eigenvalue weighted by molar-refractivity contribution is 5.94. The van der Waals surface area contributed by atoms with Crippen molar-refractivity contribution in [3.05, 3.63) is 48.0 Å². The molecule has 0 spiro atoms. The Morgan fingerprint density at radius 3 is 2.81 bits per heavy atom. The van der Waals surface area contributed by atoms with Gasteiger partial charge in [0.25, 0.3) is 5.91 Å². The minimum absolute atomic E-state index is 0.150. The number of guanidine groups is 1. The zero-order valence-corrected chi connectivity index (χ0v) is 16.2. The number of piperidine rings is 1. The van der Waals surface area contributed by atoms with E-state index in [0.717, 1.165) is 62.4 Å². The van der Waals surface area contributed by atoms with Crippen LogP contribution in [0.4, 0.5) is 0 Å². The fraction of sp³-hybridized carbons (Fsp3) is 0.524. The lowest BCUT2D eigenvalue weighted by Crippen LogP contribution is -2.39. The molecule has 0 aromatic heterocycles. The summed E-state index contributed by atoms with van der Waals surface area (Å²) < 4.78 is 0. The van der Waals surface area contributed by atoms with Gasteiger partial charge in [-0.3, -0.25) is 9.79 Å². The molecule has 1 aliphatic rings. The number of unbranched alkanes of at least 4 members (excludes halogenated alkanes) is 1. The quantitative estimate of drug-likeness (QED) is 0.353. The van der Waals surface area contributed by atoms with Gasteiger partial charge in [0.1, 0.15) is 0 Å². The molecule has 2 rings (SSSR count). The second-order valence-corrected chi connectivity index (χ2v) is 6.81. The molecule has 1 heterocycles. The molecule has 0 unspecified atom stereocenters. The first-order valence-electron chi connectivity index (χ1n) is 9.56. The fourth-order valence-electron chi connectivity index (χ4n) is 3.24. The largest absolute Gasteiger partial charge is 0.352 e. The molecule has 1 saturated heterocycles. The number of rotatable bonds is 7. The molecule has 1 aromatic rings. The summed E-state index contributed by atoms with van der Waals surface area (Å²) in [6.45, 7) is 7.10. The van der Waals surface area contributed by atoms with Crippen LogP contribution in [0.2, 0.25) is 0 Å². The summed E-state index contributed by atoms with van der Waals surface area (Å²) >= 11 is 0. The SMILES string of the molecule is C=CCCCN(C)C(=NC)NCc1cccc(C(=O)N2CCCCC2)c1. The number of aliphatic imine (C=N–C) groups is 1. The monoisotopic (exact) mass is 356 g/mol. The molecule has 0 aliphatic carbocycles. The molecule has 1 aliphatic heterocycles. The number of likely N-dealkylation sites (tertiary alicyclic amines) is 1. The van der Waals surface area contributed by atoms with Crippen LogP contribution in [0.3, 0.4) is 0 Å². The molecule has 1 amide bonds. The molecular formula is C21H32N4O. The number of carbonyl (C=O) groups excluding carboxylic acids is 1. The van der Waals surface area contributed by atoms with E-state index in [1.807, 2.05) is 42.3 Å². The smallest absolute Gasteiger partial charge is 0.253 e. The number of hydrogen-bond acceptors (Lipinski definition) is 2. The third kappa shape index (κ3) is 5.90. The summed E-state index contributed by atoms with van der Waals surface area (Å²) in [5, 5.41) is 3.38. The van der Waals surface area contributed by atoms with Crippen molar-refractivity contribution in [3.63, 3.8) is 0 Å².